The van der Waals surface area contributed by atoms with Gasteiger partial charge in [0.05, 0.1) is 5.69 Å². The summed E-state index contributed by atoms with van der Waals surface area (Å²) >= 11 is 0. The lowest BCUT2D eigenvalue weighted by atomic mass is 9.92. The average Bonchev–Trinajstić information content (AvgIpc) is 3.23. The van der Waals surface area contributed by atoms with Gasteiger partial charge >= 0.3 is 5.97 Å². The Hall–Kier alpha value is -3.41. The standard InChI is InChI=1S/C25H27N3O3/c1-18-13-19(2)15-27(14-18)23(29)17-31-25(30)22-16-28(21-11-7-4-8-12-21)26-24(22)20-9-5-3-6-10-20/h3-12,16,18-19H,13-15,17H2,1-2H3/t18-,19+. The molecule has 1 fully saturated rings. The second-order valence-corrected chi connectivity index (χ2v) is 8.36. The van der Waals surface area contributed by atoms with E-state index in [-0.39, 0.29) is 12.5 Å². The van der Waals surface area contributed by atoms with E-state index in [1.54, 1.807) is 15.8 Å². The first-order valence-electron chi connectivity index (χ1n) is 10.7. The molecule has 2 aromatic carbocycles. The molecule has 1 aliphatic heterocycles. The molecule has 1 aliphatic rings. The van der Waals surface area contributed by atoms with Gasteiger partial charge in [-0.15, -0.1) is 0 Å². The number of para-hydroxylation sites is 1. The summed E-state index contributed by atoms with van der Waals surface area (Å²) in [5.74, 6) is 0.213. The Kier molecular flexibility index (Phi) is 6.16. The summed E-state index contributed by atoms with van der Waals surface area (Å²) in [5.41, 5.74) is 2.52. The van der Waals surface area contributed by atoms with Crippen molar-refractivity contribution < 1.29 is 14.3 Å². The minimum Gasteiger partial charge on any atom is -0.452 e. The number of piperidine rings is 1. The van der Waals surface area contributed by atoms with E-state index in [4.69, 9.17) is 4.74 Å². The van der Waals surface area contributed by atoms with Crippen LogP contribution < -0.4 is 0 Å². The van der Waals surface area contributed by atoms with Crippen molar-refractivity contribution in [2.24, 2.45) is 11.8 Å². The maximum absolute atomic E-state index is 13.0. The van der Waals surface area contributed by atoms with E-state index in [0.717, 1.165) is 17.7 Å². The number of hydrogen-bond donors (Lipinski definition) is 0. The second-order valence-electron chi connectivity index (χ2n) is 8.36. The Morgan fingerprint density at radius 2 is 1.58 bits per heavy atom. The van der Waals surface area contributed by atoms with Crippen molar-refractivity contribution in [3.63, 3.8) is 0 Å². The Morgan fingerprint density at radius 1 is 0.968 bits per heavy atom. The molecule has 2 heterocycles. The Labute approximate surface area is 182 Å². The summed E-state index contributed by atoms with van der Waals surface area (Å²) in [7, 11) is 0. The van der Waals surface area contributed by atoms with Crippen molar-refractivity contribution in [1.29, 1.82) is 0 Å². The summed E-state index contributed by atoms with van der Waals surface area (Å²) in [6.45, 7) is 5.45. The van der Waals surface area contributed by atoms with Crippen LogP contribution in [0.3, 0.4) is 0 Å². The highest BCUT2D eigenvalue weighted by Gasteiger charge is 2.27. The van der Waals surface area contributed by atoms with Gasteiger partial charge in [0.25, 0.3) is 5.91 Å². The van der Waals surface area contributed by atoms with Gasteiger partial charge in [0.15, 0.2) is 6.61 Å². The summed E-state index contributed by atoms with van der Waals surface area (Å²) in [5, 5.41) is 4.63. The van der Waals surface area contributed by atoms with Gasteiger partial charge in [0.2, 0.25) is 0 Å². The third kappa shape index (κ3) is 4.85. The van der Waals surface area contributed by atoms with E-state index in [9.17, 15) is 9.59 Å². The second kappa shape index (κ2) is 9.16. The van der Waals surface area contributed by atoms with E-state index in [2.05, 4.69) is 18.9 Å². The number of amides is 1. The zero-order valence-electron chi connectivity index (χ0n) is 17.9. The fraction of sp³-hybridized carbons (Fsp3) is 0.320. The van der Waals surface area contributed by atoms with Crippen LogP contribution in [0.4, 0.5) is 0 Å². The molecule has 1 amide bonds. The molecule has 6 heteroatoms. The van der Waals surface area contributed by atoms with E-state index in [0.29, 0.717) is 36.2 Å². The van der Waals surface area contributed by atoms with Crippen LogP contribution >= 0.6 is 0 Å². The number of rotatable bonds is 5. The minimum atomic E-state index is -0.549. The molecule has 0 spiro atoms. The van der Waals surface area contributed by atoms with E-state index < -0.39 is 5.97 Å². The van der Waals surface area contributed by atoms with Crippen molar-refractivity contribution in [2.75, 3.05) is 19.7 Å². The number of aromatic nitrogens is 2. The third-order valence-corrected chi connectivity index (χ3v) is 5.55. The zero-order valence-corrected chi connectivity index (χ0v) is 17.9. The maximum Gasteiger partial charge on any atom is 0.342 e. The van der Waals surface area contributed by atoms with Crippen LogP contribution in [0, 0.1) is 11.8 Å². The van der Waals surface area contributed by atoms with Gasteiger partial charge in [-0.2, -0.15) is 5.10 Å². The monoisotopic (exact) mass is 417 g/mol. The average molecular weight is 418 g/mol. The quantitative estimate of drug-likeness (QED) is 0.584. The van der Waals surface area contributed by atoms with Crippen LogP contribution in [-0.4, -0.2) is 46.3 Å². The minimum absolute atomic E-state index is 0.150. The van der Waals surface area contributed by atoms with Gasteiger partial charge < -0.3 is 9.64 Å². The molecule has 1 saturated heterocycles. The number of carbonyl (C=O) groups is 2. The van der Waals surface area contributed by atoms with Crippen LogP contribution in [0.25, 0.3) is 16.9 Å². The SMILES string of the molecule is C[C@@H]1C[C@H](C)CN(C(=O)COC(=O)c2cn(-c3ccccc3)nc2-c2ccccc2)C1. The number of hydrogen-bond acceptors (Lipinski definition) is 4. The van der Waals surface area contributed by atoms with Crippen LogP contribution in [-0.2, 0) is 9.53 Å². The molecule has 0 aliphatic carbocycles. The van der Waals surface area contributed by atoms with Gasteiger partial charge in [-0.1, -0.05) is 62.4 Å². The molecule has 0 unspecified atom stereocenters. The lowest BCUT2D eigenvalue weighted by molar-refractivity contribution is -0.137. The molecule has 3 aromatic rings. The predicted molar refractivity (Wildman–Crippen MR) is 119 cm³/mol. The van der Waals surface area contributed by atoms with Crippen LogP contribution in [0.2, 0.25) is 0 Å². The molecular weight excluding hydrogens is 390 g/mol. The number of benzene rings is 2. The van der Waals surface area contributed by atoms with Crippen molar-refractivity contribution >= 4 is 11.9 Å². The molecule has 6 nitrogen and oxygen atoms in total. The molecule has 1 aromatic heterocycles. The van der Waals surface area contributed by atoms with E-state index >= 15 is 0 Å². The smallest absolute Gasteiger partial charge is 0.342 e. The highest BCUT2D eigenvalue weighted by molar-refractivity contribution is 5.97. The molecule has 31 heavy (non-hydrogen) atoms. The van der Waals surface area contributed by atoms with Crippen molar-refractivity contribution in [2.45, 2.75) is 20.3 Å². The fourth-order valence-electron chi connectivity index (χ4n) is 4.21. The molecule has 160 valence electrons. The summed E-state index contributed by atoms with van der Waals surface area (Å²) in [6.07, 6.45) is 2.78. The summed E-state index contributed by atoms with van der Waals surface area (Å²) in [4.78, 5) is 27.4. The first-order chi connectivity index (χ1) is 15.0. The number of nitrogens with zero attached hydrogens (tertiary/aromatic N) is 3. The summed E-state index contributed by atoms with van der Waals surface area (Å²) < 4.78 is 7.10. The van der Waals surface area contributed by atoms with Gasteiger partial charge in [-0.05, 0) is 30.4 Å². The molecule has 0 bridgehead atoms. The topological polar surface area (TPSA) is 64.4 Å². The van der Waals surface area contributed by atoms with Gasteiger partial charge in [-0.25, -0.2) is 9.48 Å². The summed E-state index contributed by atoms with van der Waals surface area (Å²) in [6, 6.07) is 19.1. The number of carbonyl (C=O) groups excluding carboxylic acids is 2. The van der Waals surface area contributed by atoms with Crippen LogP contribution in [0.15, 0.2) is 66.9 Å². The van der Waals surface area contributed by atoms with Crippen molar-refractivity contribution in [3.05, 3.63) is 72.4 Å². The predicted octanol–water partition coefficient (Wildman–Crippen LogP) is 4.20. The molecule has 2 atom stereocenters. The molecular formula is C25H27N3O3. The number of esters is 1. The highest BCUT2D eigenvalue weighted by Crippen LogP contribution is 2.25. The number of ether oxygens (including phenoxy) is 1. The molecule has 0 radical (unpaired) electrons. The Morgan fingerprint density at radius 3 is 2.23 bits per heavy atom. The first kappa shape index (κ1) is 20.8. The normalized spacial score (nSPS) is 18.6. The molecule has 0 saturated carbocycles. The van der Waals surface area contributed by atoms with Gasteiger partial charge in [0, 0.05) is 24.8 Å². The number of likely N-dealkylation sites (tertiary alicyclic amines) is 1. The zero-order chi connectivity index (χ0) is 21.8. The first-order valence-corrected chi connectivity index (χ1v) is 10.7. The van der Waals surface area contributed by atoms with E-state index in [1.165, 1.54) is 0 Å². The third-order valence-electron chi connectivity index (χ3n) is 5.55. The van der Waals surface area contributed by atoms with Crippen LogP contribution in [0.1, 0.15) is 30.6 Å². The fourth-order valence-corrected chi connectivity index (χ4v) is 4.21. The van der Waals surface area contributed by atoms with Crippen molar-refractivity contribution in [3.8, 4) is 16.9 Å². The highest BCUT2D eigenvalue weighted by atomic mass is 16.5. The van der Waals surface area contributed by atoms with Gasteiger partial charge in [0.1, 0.15) is 11.3 Å². The maximum atomic E-state index is 13.0. The largest absolute Gasteiger partial charge is 0.452 e. The van der Waals surface area contributed by atoms with Crippen molar-refractivity contribution in [1.82, 2.24) is 14.7 Å². The molecule has 4 rings (SSSR count). The molecule has 0 N–H and O–H groups in total. The van der Waals surface area contributed by atoms with Crippen LogP contribution in [0.5, 0.6) is 0 Å². The lowest BCUT2D eigenvalue weighted by Gasteiger charge is -2.34. The Bertz CT molecular complexity index is 1040. The Balaban J connectivity index is 1.54. The lowest BCUT2D eigenvalue weighted by Crippen LogP contribution is -2.44. The van der Waals surface area contributed by atoms with Gasteiger partial charge in [-0.3, -0.25) is 4.79 Å². The van der Waals surface area contributed by atoms with E-state index in [1.807, 2.05) is 60.7 Å².